The third-order valence-corrected chi connectivity index (χ3v) is 5.44. The molecule has 0 radical (unpaired) electrons. The summed E-state index contributed by atoms with van der Waals surface area (Å²) in [5.41, 5.74) is 2.32. The minimum absolute atomic E-state index is 0.389. The number of phenols is 1. The maximum absolute atomic E-state index is 10.4. The monoisotopic (exact) mass is 396 g/mol. The highest BCUT2D eigenvalue weighted by molar-refractivity contribution is 9.10. The molecule has 0 amide bonds. The van der Waals surface area contributed by atoms with Crippen LogP contribution in [0.25, 0.3) is 10.8 Å². The van der Waals surface area contributed by atoms with E-state index < -0.39 is 0 Å². The number of hydrogen-bond donors (Lipinski definition) is 1. The van der Waals surface area contributed by atoms with Crippen molar-refractivity contribution in [2.45, 2.75) is 6.54 Å². The Labute approximate surface area is 156 Å². The number of anilines is 1. The molecule has 0 bridgehead atoms. The van der Waals surface area contributed by atoms with Crippen molar-refractivity contribution in [2.24, 2.45) is 0 Å². The second-order valence-electron chi connectivity index (χ2n) is 6.53. The topological polar surface area (TPSA) is 26.7 Å². The Morgan fingerprint density at radius 1 is 0.880 bits per heavy atom. The molecule has 0 unspecified atom stereocenters. The molecule has 1 saturated heterocycles. The second kappa shape index (κ2) is 7.06. The Balaban J connectivity index is 1.50. The van der Waals surface area contributed by atoms with E-state index in [4.69, 9.17) is 0 Å². The lowest BCUT2D eigenvalue weighted by molar-refractivity contribution is 0.248. The zero-order chi connectivity index (χ0) is 17.2. The Hall–Kier alpha value is -2.04. The predicted molar refractivity (Wildman–Crippen MR) is 107 cm³/mol. The van der Waals surface area contributed by atoms with Crippen molar-refractivity contribution in [3.8, 4) is 5.75 Å². The third-order valence-electron chi connectivity index (χ3n) is 4.94. The average molecular weight is 397 g/mol. The van der Waals surface area contributed by atoms with Gasteiger partial charge in [-0.2, -0.15) is 0 Å². The van der Waals surface area contributed by atoms with Crippen LogP contribution < -0.4 is 4.90 Å². The highest BCUT2D eigenvalue weighted by Gasteiger charge is 2.19. The Kier molecular flexibility index (Phi) is 4.64. The Bertz CT molecular complexity index is 874. The molecule has 0 aliphatic carbocycles. The molecule has 128 valence electrons. The van der Waals surface area contributed by atoms with Crippen molar-refractivity contribution in [1.82, 2.24) is 4.90 Å². The van der Waals surface area contributed by atoms with E-state index in [2.05, 4.69) is 68.2 Å². The number of nitrogens with zero attached hydrogens (tertiary/aromatic N) is 2. The molecule has 0 saturated carbocycles. The van der Waals surface area contributed by atoms with Gasteiger partial charge in [-0.25, -0.2) is 0 Å². The quantitative estimate of drug-likeness (QED) is 0.698. The fourth-order valence-electron chi connectivity index (χ4n) is 3.55. The first-order chi connectivity index (χ1) is 12.2. The van der Waals surface area contributed by atoms with E-state index >= 15 is 0 Å². The summed E-state index contributed by atoms with van der Waals surface area (Å²) >= 11 is 3.52. The Morgan fingerprint density at radius 2 is 1.64 bits per heavy atom. The molecule has 1 aliphatic heterocycles. The molecule has 1 fully saturated rings. The molecule has 3 aromatic carbocycles. The molecule has 4 rings (SSSR count). The molecule has 0 spiro atoms. The van der Waals surface area contributed by atoms with Gasteiger partial charge in [0.2, 0.25) is 0 Å². The van der Waals surface area contributed by atoms with Crippen LogP contribution in [0.5, 0.6) is 5.75 Å². The molecule has 1 aliphatic rings. The fraction of sp³-hybridized carbons (Fsp3) is 0.238. The summed E-state index contributed by atoms with van der Waals surface area (Å²) in [4.78, 5) is 4.85. The number of rotatable bonds is 3. The number of piperazine rings is 1. The van der Waals surface area contributed by atoms with Crippen molar-refractivity contribution in [2.75, 3.05) is 31.1 Å². The average Bonchev–Trinajstić information content (AvgIpc) is 2.65. The minimum atomic E-state index is 0.389. The highest BCUT2D eigenvalue weighted by atomic mass is 79.9. The van der Waals surface area contributed by atoms with E-state index in [0.29, 0.717) is 5.75 Å². The smallest absolute Gasteiger partial charge is 0.120 e. The number of halogens is 1. The van der Waals surface area contributed by atoms with Crippen LogP contribution in [0.2, 0.25) is 0 Å². The number of fused-ring (bicyclic) bond motifs is 1. The molecule has 4 heteroatoms. The van der Waals surface area contributed by atoms with Crippen molar-refractivity contribution in [1.29, 1.82) is 0 Å². The van der Waals surface area contributed by atoms with Crippen LogP contribution in [0.3, 0.4) is 0 Å². The van der Waals surface area contributed by atoms with Gasteiger partial charge in [0, 0.05) is 48.4 Å². The van der Waals surface area contributed by atoms with Gasteiger partial charge >= 0.3 is 0 Å². The summed E-state index contributed by atoms with van der Waals surface area (Å²) in [5.74, 6) is 0.389. The maximum Gasteiger partial charge on any atom is 0.120 e. The Morgan fingerprint density at radius 3 is 2.40 bits per heavy atom. The molecule has 25 heavy (non-hydrogen) atoms. The minimum Gasteiger partial charge on any atom is -0.508 e. The normalized spacial score (nSPS) is 15.6. The summed E-state index contributed by atoms with van der Waals surface area (Å²) in [6.45, 7) is 4.82. The molecular weight excluding hydrogens is 376 g/mol. The van der Waals surface area contributed by atoms with Crippen LogP contribution in [0.1, 0.15) is 5.56 Å². The van der Waals surface area contributed by atoms with Gasteiger partial charge in [0.05, 0.1) is 0 Å². The van der Waals surface area contributed by atoms with Gasteiger partial charge in [0.25, 0.3) is 0 Å². The lowest BCUT2D eigenvalue weighted by Gasteiger charge is -2.36. The van der Waals surface area contributed by atoms with Crippen LogP contribution in [-0.4, -0.2) is 36.2 Å². The standard InChI is InChI=1S/C21H21BrN2O/c22-17-7-8-19-16(14-17)6-9-21(25)20(19)15-23-10-12-24(13-11-23)18-4-2-1-3-5-18/h1-9,14,25H,10-13,15H2. The van der Waals surface area contributed by atoms with Crippen LogP contribution >= 0.6 is 15.9 Å². The van der Waals surface area contributed by atoms with Gasteiger partial charge in [-0.05, 0) is 41.1 Å². The summed E-state index contributed by atoms with van der Waals surface area (Å²) in [6, 6.07) is 20.6. The predicted octanol–water partition coefficient (Wildman–Crippen LogP) is 4.63. The lowest BCUT2D eigenvalue weighted by atomic mass is 10.0. The molecule has 1 N–H and O–H groups in total. The van der Waals surface area contributed by atoms with Crippen LogP contribution in [0, 0.1) is 0 Å². The van der Waals surface area contributed by atoms with Gasteiger partial charge in [-0.15, -0.1) is 0 Å². The number of para-hydroxylation sites is 1. The molecular formula is C21H21BrN2O. The van der Waals surface area contributed by atoms with Gasteiger partial charge < -0.3 is 10.0 Å². The molecule has 0 aromatic heterocycles. The molecule has 0 atom stereocenters. The number of benzene rings is 3. The number of phenolic OH excluding ortho intramolecular Hbond substituents is 1. The SMILES string of the molecule is Oc1ccc2cc(Br)ccc2c1CN1CCN(c2ccccc2)CC1. The van der Waals surface area contributed by atoms with Crippen molar-refractivity contribution < 1.29 is 5.11 Å². The van der Waals surface area contributed by atoms with Crippen molar-refractivity contribution in [3.05, 3.63) is 70.7 Å². The van der Waals surface area contributed by atoms with Gasteiger partial charge in [-0.3, -0.25) is 4.90 Å². The van der Waals surface area contributed by atoms with Crippen molar-refractivity contribution in [3.63, 3.8) is 0 Å². The van der Waals surface area contributed by atoms with E-state index in [-0.39, 0.29) is 0 Å². The third kappa shape index (κ3) is 3.51. The van der Waals surface area contributed by atoms with E-state index in [9.17, 15) is 5.11 Å². The van der Waals surface area contributed by atoms with E-state index in [0.717, 1.165) is 53.5 Å². The summed E-state index contributed by atoms with van der Waals surface area (Å²) in [6.07, 6.45) is 0. The zero-order valence-electron chi connectivity index (χ0n) is 14.0. The van der Waals surface area contributed by atoms with Crippen LogP contribution in [0.4, 0.5) is 5.69 Å². The van der Waals surface area contributed by atoms with Gasteiger partial charge in [-0.1, -0.05) is 46.3 Å². The van der Waals surface area contributed by atoms with E-state index in [1.807, 2.05) is 18.2 Å². The molecule has 1 heterocycles. The largest absolute Gasteiger partial charge is 0.508 e. The summed E-state index contributed by atoms with van der Waals surface area (Å²) in [7, 11) is 0. The van der Waals surface area contributed by atoms with E-state index in [1.54, 1.807) is 0 Å². The van der Waals surface area contributed by atoms with Crippen molar-refractivity contribution >= 4 is 32.4 Å². The number of hydrogen-bond acceptors (Lipinski definition) is 3. The second-order valence-corrected chi connectivity index (χ2v) is 7.44. The first kappa shape index (κ1) is 16.4. The molecule has 3 nitrogen and oxygen atoms in total. The van der Waals surface area contributed by atoms with Gasteiger partial charge in [0.15, 0.2) is 0 Å². The van der Waals surface area contributed by atoms with Gasteiger partial charge in [0.1, 0.15) is 5.75 Å². The fourth-order valence-corrected chi connectivity index (χ4v) is 3.93. The highest BCUT2D eigenvalue weighted by Crippen LogP contribution is 2.30. The summed E-state index contributed by atoms with van der Waals surface area (Å²) in [5, 5.41) is 12.7. The maximum atomic E-state index is 10.4. The zero-order valence-corrected chi connectivity index (χ0v) is 15.6. The first-order valence-electron chi connectivity index (χ1n) is 8.63. The van der Waals surface area contributed by atoms with Crippen LogP contribution in [0.15, 0.2) is 65.1 Å². The van der Waals surface area contributed by atoms with Crippen LogP contribution in [-0.2, 0) is 6.54 Å². The summed E-state index contributed by atoms with van der Waals surface area (Å²) < 4.78 is 1.06. The number of aromatic hydroxyl groups is 1. The molecule has 3 aromatic rings. The lowest BCUT2D eigenvalue weighted by Crippen LogP contribution is -2.45. The van der Waals surface area contributed by atoms with E-state index in [1.165, 1.54) is 5.69 Å². The first-order valence-corrected chi connectivity index (χ1v) is 9.42.